The van der Waals surface area contributed by atoms with Gasteiger partial charge in [-0.15, -0.1) is 0 Å². The molecule has 104 valence electrons. The van der Waals surface area contributed by atoms with E-state index in [-0.39, 0.29) is 12.8 Å². The minimum Gasteiger partial charge on any atom is -0.480 e. The fourth-order valence-corrected chi connectivity index (χ4v) is 2.00. The third-order valence-electron chi connectivity index (χ3n) is 2.32. The van der Waals surface area contributed by atoms with E-state index in [0.29, 0.717) is 6.54 Å². The van der Waals surface area contributed by atoms with Gasteiger partial charge in [0.15, 0.2) is 0 Å². The third-order valence-corrected chi connectivity index (χ3v) is 3.05. The number of carbonyl (C=O) groups is 3. The van der Waals surface area contributed by atoms with Crippen molar-refractivity contribution in [1.82, 2.24) is 10.6 Å². The molecule has 5 N–H and O–H groups in total. The second-order valence-corrected chi connectivity index (χ2v) is 4.63. The first kappa shape index (κ1) is 15.0. The Hall–Kier alpha value is -2.09. The zero-order valence-corrected chi connectivity index (χ0v) is 10.9. The molecule has 0 aliphatic heterocycles. The van der Waals surface area contributed by atoms with E-state index in [0.717, 1.165) is 5.56 Å². The molecule has 0 aliphatic carbocycles. The van der Waals surface area contributed by atoms with E-state index in [2.05, 4.69) is 10.6 Å². The third kappa shape index (κ3) is 5.87. The minimum absolute atomic E-state index is 0.0312. The maximum Gasteiger partial charge on any atom is 0.326 e. The number of carboxylic acids is 1. The molecule has 0 fully saturated rings. The van der Waals surface area contributed by atoms with Crippen LogP contribution in [0.1, 0.15) is 18.4 Å². The van der Waals surface area contributed by atoms with Crippen molar-refractivity contribution in [3.05, 3.63) is 22.4 Å². The quantitative estimate of drug-likeness (QED) is 0.574. The van der Waals surface area contributed by atoms with Crippen molar-refractivity contribution >= 4 is 29.2 Å². The van der Waals surface area contributed by atoms with Crippen LogP contribution in [0.25, 0.3) is 0 Å². The number of nitrogens with one attached hydrogen (secondary N) is 2. The summed E-state index contributed by atoms with van der Waals surface area (Å²) < 4.78 is 0. The van der Waals surface area contributed by atoms with Crippen LogP contribution in [0.15, 0.2) is 16.8 Å². The Kier molecular flexibility index (Phi) is 5.80. The largest absolute Gasteiger partial charge is 0.480 e. The van der Waals surface area contributed by atoms with E-state index in [1.54, 1.807) is 0 Å². The second kappa shape index (κ2) is 7.37. The van der Waals surface area contributed by atoms with Crippen molar-refractivity contribution in [1.29, 1.82) is 0 Å². The molecule has 0 spiro atoms. The summed E-state index contributed by atoms with van der Waals surface area (Å²) in [4.78, 5) is 33.0. The zero-order chi connectivity index (χ0) is 14.3. The molecular formula is C11H15N3O4S. The summed E-state index contributed by atoms with van der Waals surface area (Å²) in [5.41, 5.74) is 5.87. The van der Waals surface area contributed by atoms with Crippen LogP contribution < -0.4 is 16.4 Å². The van der Waals surface area contributed by atoms with Gasteiger partial charge in [-0.2, -0.15) is 11.3 Å². The molecule has 7 nitrogen and oxygen atoms in total. The van der Waals surface area contributed by atoms with Gasteiger partial charge in [0.2, 0.25) is 5.91 Å². The smallest absolute Gasteiger partial charge is 0.326 e. The van der Waals surface area contributed by atoms with Gasteiger partial charge in [0.1, 0.15) is 6.04 Å². The second-order valence-electron chi connectivity index (χ2n) is 3.85. The van der Waals surface area contributed by atoms with Crippen molar-refractivity contribution < 1.29 is 19.5 Å². The lowest BCUT2D eigenvalue weighted by Crippen LogP contribution is -2.46. The zero-order valence-electron chi connectivity index (χ0n) is 10.1. The number of hydrogen-bond acceptors (Lipinski definition) is 4. The van der Waals surface area contributed by atoms with Crippen molar-refractivity contribution in [2.45, 2.75) is 25.4 Å². The van der Waals surface area contributed by atoms with Crippen LogP contribution >= 0.6 is 11.3 Å². The van der Waals surface area contributed by atoms with Gasteiger partial charge in [-0.25, -0.2) is 9.59 Å². The molecule has 0 saturated heterocycles. The first-order valence-corrected chi connectivity index (χ1v) is 6.50. The summed E-state index contributed by atoms with van der Waals surface area (Å²) in [7, 11) is 0. The van der Waals surface area contributed by atoms with E-state index in [1.165, 1.54) is 11.3 Å². The highest BCUT2D eigenvalue weighted by Crippen LogP contribution is 2.05. The van der Waals surface area contributed by atoms with Crippen molar-refractivity contribution in [3.8, 4) is 0 Å². The van der Waals surface area contributed by atoms with Crippen molar-refractivity contribution in [2.24, 2.45) is 5.73 Å². The van der Waals surface area contributed by atoms with E-state index in [1.807, 2.05) is 16.8 Å². The molecule has 1 unspecified atom stereocenters. The van der Waals surface area contributed by atoms with Crippen molar-refractivity contribution in [2.75, 3.05) is 0 Å². The van der Waals surface area contributed by atoms with Crippen LogP contribution in [-0.2, 0) is 16.1 Å². The van der Waals surface area contributed by atoms with Gasteiger partial charge in [0.05, 0.1) is 0 Å². The van der Waals surface area contributed by atoms with Gasteiger partial charge in [0.25, 0.3) is 0 Å². The monoisotopic (exact) mass is 285 g/mol. The number of rotatable bonds is 7. The summed E-state index contributed by atoms with van der Waals surface area (Å²) in [6, 6.07) is 0.130. The molecule has 1 atom stereocenters. The Morgan fingerprint density at radius 2 is 2.16 bits per heavy atom. The lowest BCUT2D eigenvalue weighted by atomic mass is 10.1. The van der Waals surface area contributed by atoms with Gasteiger partial charge >= 0.3 is 12.0 Å². The molecule has 0 aromatic carbocycles. The predicted octanol–water partition coefficient (Wildman–Crippen LogP) is 0.266. The molecule has 1 heterocycles. The first-order chi connectivity index (χ1) is 8.99. The van der Waals surface area contributed by atoms with Crippen LogP contribution in [0.5, 0.6) is 0 Å². The number of thiophene rings is 1. The first-order valence-electron chi connectivity index (χ1n) is 5.55. The van der Waals surface area contributed by atoms with Gasteiger partial charge in [-0.3, -0.25) is 4.79 Å². The van der Waals surface area contributed by atoms with Crippen LogP contribution in [0.2, 0.25) is 0 Å². The standard InChI is InChI=1S/C11H15N3O4S/c12-9(15)2-1-8(10(16)17)14-11(18)13-5-7-3-4-19-6-7/h3-4,6,8H,1-2,5H2,(H2,12,15)(H,16,17)(H2,13,14,18). The topological polar surface area (TPSA) is 122 Å². The van der Waals surface area contributed by atoms with Gasteiger partial charge in [0, 0.05) is 13.0 Å². The Balaban J connectivity index is 2.38. The highest BCUT2D eigenvalue weighted by molar-refractivity contribution is 7.07. The minimum atomic E-state index is -1.20. The summed E-state index contributed by atoms with van der Waals surface area (Å²) in [6.45, 7) is 0.317. The average molecular weight is 285 g/mol. The van der Waals surface area contributed by atoms with Gasteiger partial charge < -0.3 is 21.5 Å². The average Bonchev–Trinajstić information content (AvgIpc) is 2.84. The molecule has 1 rings (SSSR count). The summed E-state index contributed by atoms with van der Waals surface area (Å²) in [6.07, 6.45) is -0.127. The summed E-state index contributed by atoms with van der Waals surface area (Å²) >= 11 is 1.50. The molecule has 0 saturated carbocycles. The number of amides is 3. The van der Waals surface area contributed by atoms with E-state index in [4.69, 9.17) is 10.8 Å². The van der Waals surface area contributed by atoms with Gasteiger partial charge in [-0.05, 0) is 28.8 Å². The predicted molar refractivity (Wildman–Crippen MR) is 69.5 cm³/mol. The molecular weight excluding hydrogens is 270 g/mol. The van der Waals surface area contributed by atoms with E-state index in [9.17, 15) is 14.4 Å². The number of hydrogen-bond donors (Lipinski definition) is 4. The van der Waals surface area contributed by atoms with Crippen LogP contribution in [0.4, 0.5) is 4.79 Å². The molecule has 19 heavy (non-hydrogen) atoms. The molecule has 0 aliphatic rings. The van der Waals surface area contributed by atoms with Crippen LogP contribution in [0.3, 0.4) is 0 Å². The fourth-order valence-electron chi connectivity index (χ4n) is 1.33. The normalized spacial score (nSPS) is 11.6. The van der Waals surface area contributed by atoms with E-state index >= 15 is 0 Å². The highest BCUT2D eigenvalue weighted by Gasteiger charge is 2.20. The Labute approximate surface area is 113 Å². The number of carbonyl (C=O) groups excluding carboxylic acids is 2. The lowest BCUT2D eigenvalue weighted by Gasteiger charge is -2.14. The fraction of sp³-hybridized carbons (Fsp3) is 0.364. The number of aliphatic carboxylic acids is 1. The Morgan fingerprint density at radius 3 is 2.68 bits per heavy atom. The Morgan fingerprint density at radius 1 is 1.42 bits per heavy atom. The number of nitrogens with two attached hydrogens (primary N) is 1. The SMILES string of the molecule is NC(=O)CCC(NC(=O)NCc1ccsc1)C(=O)O. The number of urea groups is 1. The molecule has 8 heteroatoms. The van der Waals surface area contributed by atoms with Gasteiger partial charge in [-0.1, -0.05) is 0 Å². The lowest BCUT2D eigenvalue weighted by molar-refractivity contribution is -0.139. The maximum atomic E-state index is 11.5. The maximum absolute atomic E-state index is 11.5. The molecule has 0 bridgehead atoms. The molecule has 3 amide bonds. The number of primary amides is 1. The van der Waals surface area contributed by atoms with Crippen LogP contribution in [-0.4, -0.2) is 29.1 Å². The number of carboxylic acid groups (broad SMARTS) is 1. The van der Waals surface area contributed by atoms with Crippen LogP contribution in [0, 0.1) is 0 Å². The Bertz CT molecular complexity index is 447. The van der Waals surface area contributed by atoms with E-state index < -0.39 is 23.9 Å². The van der Waals surface area contributed by atoms with Crippen molar-refractivity contribution in [3.63, 3.8) is 0 Å². The summed E-state index contributed by atoms with van der Waals surface area (Å²) in [5.74, 6) is -1.81. The molecule has 1 aromatic rings. The summed E-state index contributed by atoms with van der Waals surface area (Å²) in [5, 5.41) is 17.5. The molecule has 1 aromatic heterocycles. The molecule has 0 radical (unpaired) electrons. The highest BCUT2D eigenvalue weighted by atomic mass is 32.1.